The zero-order valence-electron chi connectivity index (χ0n) is 24.9. The van der Waals surface area contributed by atoms with Gasteiger partial charge in [-0.2, -0.15) is 0 Å². The Kier molecular flexibility index (Phi) is 7.85. The SMILES string of the molecule is Cn1cnc(S(=O)N(C2CC2)[C@H]2CCC3=CC(=Nc4ccc(F)cc4)/C(=C\N)C[C@]3(C(=O)c3ncc(C(C)(C)C)s3)C2)c1. The Morgan fingerprint density at radius 3 is 2.56 bits per heavy atom. The Hall–Kier alpha value is -3.28. The summed E-state index contributed by atoms with van der Waals surface area (Å²) in [5, 5.41) is 1.02. The summed E-state index contributed by atoms with van der Waals surface area (Å²) in [6.07, 6.45) is 13.0. The Labute approximate surface area is 258 Å². The normalized spacial score (nSPS) is 25.2. The molecule has 3 aromatic rings. The molecule has 3 atom stereocenters. The second-order valence-corrected chi connectivity index (χ2v) is 15.2. The Bertz CT molecular complexity index is 1660. The van der Waals surface area contributed by atoms with Crippen LogP contribution in [0.4, 0.5) is 10.1 Å². The van der Waals surface area contributed by atoms with Crippen LogP contribution in [0.1, 0.15) is 74.0 Å². The number of imidazole rings is 1. The van der Waals surface area contributed by atoms with Gasteiger partial charge in [0.25, 0.3) is 0 Å². The van der Waals surface area contributed by atoms with Crippen LogP contribution in [0.25, 0.3) is 0 Å². The standard InChI is InChI=1S/C32H37FN6O2S2/c1-31(2,3)27-17-35-30(42-27)29(40)32-14-20(16-34)26(37-23-8-6-22(33)7-9-23)13-21(32)5-10-25(15-32)39(24-11-12-24)43(41)28-18-38(4)19-36-28/h6-9,13,16-19,24-25H,5,10-12,14-15,34H2,1-4H3/b20-16-,37-26?/t25-,32-,43?/m0/s1. The predicted octanol–water partition coefficient (Wildman–Crippen LogP) is 6.17. The number of aliphatic imine (C=N–C) groups is 1. The number of hydrogen-bond acceptors (Lipinski definition) is 7. The molecular formula is C32H37FN6O2S2. The second-order valence-electron chi connectivity index (χ2n) is 12.8. The number of ketones is 1. The summed E-state index contributed by atoms with van der Waals surface area (Å²) in [6, 6.07) is 6.12. The molecule has 2 N–H and O–H groups in total. The molecule has 11 heteroatoms. The zero-order valence-corrected chi connectivity index (χ0v) is 26.6. The average Bonchev–Trinajstić information content (AvgIpc) is 3.48. The number of allylic oxidation sites excluding steroid dienone is 3. The lowest BCUT2D eigenvalue weighted by Crippen LogP contribution is -2.50. The fourth-order valence-corrected chi connectivity index (χ4v) is 8.68. The van der Waals surface area contributed by atoms with Crippen molar-refractivity contribution in [1.82, 2.24) is 18.8 Å². The summed E-state index contributed by atoms with van der Waals surface area (Å²) < 4.78 is 31.4. The molecule has 226 valence electrons. The van der Waals surface area contributed by atoms with Crippen molar-refractivity contribution in [2.75, 3.05) is 0 Å². The third-order valence-corrected chi connectivity index (χ3v) is 11.5. The van der Waals surface area contributed by atoms with Crippen molar-refractivity contribution in [1.29, 1.82) is 0 Å². The highest BCUT2D eigenvalue weighted by atomic mass is 32.2. The maximum absolute atomic E-state index is 14.7. The number of benzene rings is 1. The van der Waals surface area contributed by atoms with E-state index in [0.717, 1.165) is 35.3 Å². The smallest absolute Gasteiger partial charge is 0.201 e. The van der Waals surface area contributed by atoms with Crippen LogP contribution in [-0.4, -0.2) is 46.6 Å². The molecule has 43 heavy (non-hydrogen) atoms. The molecule has 2 saturated carbocycles. The average molecular weight is 621 g/mol. The van der Waals surface area contributed by atoms with E-state index in [1.807, 2.05) is 23.9 Å². The first kappa shape index (κ1) is 29.8. The van der Waals surface area contributed by atoms with Gasteiger partial charge in [0.15, 0.2) is 10.0 Å². The first-order valence-corrected chi connectivity index (χ1v) is 16.6. The highest BCUT2D eigenvalue weighted by Crippen LogP contribution is 2.53. The summed E-state index contributed by atoms with van der Waals surface area (Å²) in [5.41, 5.74) is 8.21. The first-order chi connectivity index (χ1) is 20.5. The third kappa shape index (κ3) is 5.82. The van der Waals surface area contributed by atoms with E-state index in [0.29, 0.717) is 40.7 Å². The number of nitrogens with zero attached hydrogens (tertiary/aromatic N) is 5. The van der Waals surface area contributed by atoms with Crippen molar-refractivity contribution >= 4 is 39.5 Å². The number of Topliss-reactive ketones (excluding diaryl/α,β-unsaturated/α-hetero) is 1. The Morgan fingerprint density at radius 2 is 1.95 bits per heavy atom. The number of aromatic nitrogens is 3. The van der Waals surface area contributed by atoms with Gasteiger partial charge in [0.05, 0.1) is 23.1 Å². The van der Waals surface area contributed by atoms with Gasteiger partial charge >= 0.3 is 0 Å². The Morgan fingerprint density at radius 1 is 1.21 bits per heavy atom. The lowest BCUT2D eigenvalue weighted by molar-refractivity contribution is 0.0742. The number of fused-ring (bicyclic) bond motifs is 1. The maximum atomic E-state index is 14.7. The molecule has 0 radical (unpaired) electrons. The van der Waals surface area contributed by atoms with E-state index in [4.69, 9.17) is 10.7 Å². The number of thiazole rings is 1. The molecule has 3 aliphatic rings. The van der Waals surface area contributed by atoms with Crippen molar-refractivity contribution in [2.45, 2.75) is 81.8 Å². The van der Waals surface area contributed by atoms with E-state index in [9.17, 15) is 13.4 Å². The molecule has 0 aliphatic heterocycles. The van der Waals surface area contributed by atoms with Gasteiger partial charge < -0.3 is 10.3 Å². The molecule has 0 amide bonds. The van der Waals surface area contributed by atoms with Gasteiger partial charge in [-0.05, 0) is 86.1 Å². The number of nitrogens with two attached hydrogens (primary N) is 1. The maximum Gasteiger partial charge on any atom is 0.201 e. The highest BCUT2D eigenvalue weighted by Gasteiger charge is 2.53. The van der Waals surface area contributed by atoms with Gasteiger partial charge in [-0.25, -0.2) is 27.9 Å². The fraction of sp³-hybridized carbons (Fsp3) is 0.438. The van der Waals surface area contributed by atoms with Crippen molar-refractivity contribution in [3.05, 3.63) is 82.1 Å². The van der Waals surface area contributed by atoms with E-state index < -0.39 is 16.4 Å². The summed E-state index contributed by atoms with van der Waals surface area (Å²) in [4.78, 5) is 29.6. The van der Waals surface area contributed by atoms with E-state index in [-0.39, 0.29) is 29.1 Å². The third-order valence-electron chi connectivity index (χ3n) is 8.55. The number of halogens is 1. The lowest BCUT2D eigenvalue weighted by atomic mass is 9.60. The van der Waals surface area contributed by atoms with Crippen LogP contribution in [0, 0.1) is 11.2 Å². The van der Waals surface area contributed by atoms with Crippen molar-refractivity contribution in [2.24, 2.45) is 23.2 Å². The minimum atomic E-state index is -1.44. The summed E-state index contributed by atoms with van der Waals surface area (Å²) in [6.45, 7) is 6.34. The number of carbonyl (C=O) groups excluding carboxylic acids is 1. The molecule has 0 spiro atoms. The lowest BCUT2D eigenvalue weighted by Gasteiger charge is -2.47. The molecule has 1 unspecified atom stereocenters. The van der Waals surface area contributed by atoms with Crippen molar-refractivity contribution in [3.63, 3.8) is 0 Å². The molecule has 8 nitrogen and oxygen atoms in total. The van der Waals surface area contributed by atoms with Crippen LogP contribution in [-0.2, 0) is 23.4 Å². The van der Waals surface area contributed by atoms with Gasteiger partial charge in [0.2, 0.25) is 5.78 Å². The fourth-order valence-electron chi connectivity index (χ4n) is 6.12. The number of carbonyl (C=O) groups is 1. The minimum absolute atomic E-state index is 0.0245. The largest absolute Gasteiger partial charge is 0.404 e. The van der Waals surface area contributed by atoms with Crippen LogP contribution >= 0.6 is 11.3 Å². The first-order valence-electron chi connectivity index (χ1n) is 14.6. The molecule has 0 saturated heterocycles. The molecule has 1 aromatic carbocycles. The summed E-state index contributed by atoms with van der Waals surface area (Å²) in [7, 11) is 0.426. The monoisotopic (exact) mass is 620 g/mol. The quantitative estimate of drug-likeness (QED) is 0.318. The van der Waals surface area contributed by atoms with Gasteiger partial charge in [-0.15, -0.1) is 11.3 Å². The molecule has 2 fully saturated rings. The van der Waals surface area contributed by atoms with Crippen LogP contribution in [0.5, 0.6) is 0 Å². The zero-order chi connectivity index (χ0) is 30.5. The molecule has 2 heterocycles. The van der Waals surface area contributed by atoms with E-state index in [1.165, 1.54) is 29.7 Å². The second kappa shape index (κ2) is 11.3. The van der Waals surface area contributed by atoms with Crippen LogP contribution in [0.2, 0.25) is 0 Å². The summed E-state index contributed by atoms with van der Waals surface area (Å²) in [5.74, 6) is -0.353. The highest BCUT2D eigenvalue weighted by molar-refractivity contribution is 7.82. The molecule has 0 bridgehead atoms. The molecular weight excluding hydrogens is 584 g/mol. The van der Waals surface area contributed by atoms with Crippen molar-refractivity contribution < 1.29 is 13.4 Å². The van der Waals surface area contributed by atoms with Gasteiger partial charge in [0, 0.05) is 36.4 Å². The predicted molar refractivity (Wildman–Crippen MR) is 168 cm³/mol. The van der Waals surface area contributed by atoms with Crippen LogP contribution < -0.4 is 5.73 Å². The molecule has 3 aliphatic carbocycles. The molecule has 2 aromatic heterocycles. The van der Waals surface area contributed by atoms with E-state index in [2.05, 4.69) is 35.0 Å². The topological polar surface area (TPSA) is 106 Å². The van der Waals surface area contributed by atoms with Gasteiger partial charge in [0.1, 0.15) is 16.8 Å². The van der Waals surface area contributed by atoms with E-state index >= 15 is 0 Å². The Balaban J connectivity index is 1.43. The minimum Gasteiger partial charge on any atom is -0.404 e. The number of rotatable bonds is 7. The van der Waals surface area contributed by atoms with Crippen molar-refractivity contribution in [3.8, 4) is 0 Å². The number of aryl methyl sites for hydroxylation is 1. The van der Waals surface area contributed by atoms with Crippen LogP contribution in [0.3, 0.4) is 0 Å². The van der Waals surface area contributed by atoms with E-state index in [1.54, 1.807) is 24.7 Å². The number of hydrogen-bond donors (Lipinski definition) is 1. The van der Waals surface area contributed by atoms with Gasteiger partial charge in [-0.1, -0.05) is 26.3 Å². The van der Waals surface area contributed by atoms with Crippen LogP contribution in [0.15, 0.2) is 76.4 Å². The molecule has 6 rings (SSSR count). The summed E-state index contributed by atoms with van der Waals surface area (Å²) >= 11 is 1.45. The van der Waals surface area contributed by atoms with Gasteiger partial charge in [-0.3, -0.25) is 4.79 Å².